The average Bonchev–Trinajstić information content (AvgIpc) is 4.04. The van der Waals surface area contributed by atoms with E-state index in [1.54, 1.807) is 0 Å². The molecule has 0 aliphatic heterocycles. The number of nitrogens with zero attached hydrogens (tertiary/aromatic N) is 2. The lowest BCUT2D eigenvalue weighted by Gasteiger charge is -2.27. The van der Waals surface area contributed by atoms with Crippen molar-refractivity contribution in [2.75, 3.05) is 4.90 Å². The predicted octanol–water partition coefficient (Wildman–Crippen LogP) is 15.1. The molecule has 1 fully saturated rings. The van der Waals surface area contributed by atoms with Gasteiger partial charge >= 0.3 is 0 Å². The number of benzene rings is 8. The summed E-state index contributed by atoms with van der Waals surface area (Å²) in [6, 6.07) is 67.9. The Kier molecular flexibility index (Phi) is 7.00. The summed E-state index contributed by atoms with van der Waals surface area (Å²) in [6.07, 6.45) is 5.08. The molecular weight excluding hydrogens is 697 g/mol. The molecule has 2 heterocycles. The van der Waals surface area contributed by atoms with Crippen molar-refractivity contribution in [1.82, 2.24) is 4.57 Å². The highest BCUT2D eigenvalue weighted by Gasteiger charge is 2.44. The van der Waals surface area contributed by atoms with E-state index in [1.807, 2.05) is 11.3 Å². The largest absolute Gasteiger partial charge is 0.309 e. The van der Waals surface area contributed by atoms with Crippen LogP contribution in [0.2, 0.25) is 0 Å². The predicted molar refractivity (Wildman–Crippen MR) is 238 cm³/mol. The molecule has 1 saturated carbocycles. The molecule has 0 N–H and O–H groups in total. The van der Waals surface area contributed by atoms with Gasteiger partial charge in [-0.1, -0.05) is 134 Å². The third-order valence-electron chi connectivity index (χ3n) is 12.7. The fraction of sp³-hybridized carbons (Fsp3) is 0.0943. The second-order valence-corrected chi connectivity index (χ2v) is 16.7. The van der Waals surface area contributed by atoms with Crippen LogP contribution in [0.3, 0.4) is 0 Å². The number of rotatable bonds is 5. The Balaban J connectivity index is 1.04. The zero-order chi connectivity index (χ0) is 36.8. The Morgan fingerprint density at radius 1 is 0.464 bits per heavy atom. The summed E-state index contributed by atoms with van der Waals surface area (Å²) in [7, 11) is 0. The third kappa shape index (κ3) is 4.61. The van der Waals surface area contributed by atoms with Gasteiger partial charge in [0.05, 0.1) is 21.4 Å². The van der Waals surface area contributed by atoms with Crippen LogP contribution in [0.25, 0.3) is 69.9 Å². The van der Waals surface area contributed by atoms with Gasteiger partial charge in [-0.05, 0) is 107 Å². The number of anilines is 3. The molecule has 266 valence electrons. The Labute approximate surface area is 330 Å². The van der Waals surface area contributed by atoms with E-state index in [1.165, 1.54) is 107 Å². The highest BCUT2D eigenvalue weighted by Crippen LogP contribution is 2.57. The van der Waals surface area contributed by atoms with Crippen LogP contribution in [0.4, 0.5) is 17.1 Å². The van der Waals surface area contributed by atoms with Crippen LogP contribution in [0, 0.1) is 0 Å². The first-order valence-corrected chi connectivity index (χ1v) is 20.7. The molecule has 0 saturated heterocycles. The van der Waals surface area contributed by atoms with Crippen LogP contribution in [-0.2, 0) is 5.41 Å². The Hall–Kier alpha value is -6.42. The van der Waals surface area contributed by atoms with Crippen molar-refractivity contribution in [1.29, 1.82) is 0 Å². The lowest BCUT2D eigenvalue weighted by molar-refractivity contribution is 0.550. The second kappa shape index (κ2) is 12.3. The van der Waals surface area contributed by atoms with Crippen molar-refractivity contribution < 1.29 is 0 Å². The Morgan fingerprint density at radius 2 is 1.14 bits per heavy atom. The monoisotopic (exact) mass is 734 g/mol. The number of thiophene rings is 1. The first-order chi connectivity index (χ1) is 27.7. The van der Waals surface area contributed by atoms with Crippen LogP contribution < -0.4 is 4.90 Å². The minimum atomic E-state index is 0.155. The summed E-state index contributed by atoms with van der Waals surface area (Å²) in [4.78, 5) is 2.47. The minimum absolute atomic E-state index is 0.155. The van der Waals surface area contributed by atoms with Crippen LogP contribution in [0.15, 0.2) is 182 Å². The van der Waals surface area contributed by atoms with Crippen LogP contribution in [-0.4, -0.2) is 4.57 Å². The van der Waals surface area contributed by atoms with E-state index in [0.717, 1.165) is 17.1 Å². The van der Waals surface area contributed by atoms with E-state index in [4.69, 9.17) is 0 Å². The smallest absolute Gasteiger partial charge is 0.0640 e. The molecule has 0 bridgehead atoms. The maximum atomic E-state index is 2.52. The second-order valence-electron chi connectivity index (χ2n) is 15.6. The summed E-state index contributed by atoms with van der Waals surface area (Å²) in [6.45, 7) is 0. The zero-order valence-electron chi connectivity index (χ0n) is 31.0. The zero-order valence-corrected chi connectivity index (χ0v) is 31.8. The van der Waals surface area contributed by atoms with Crippen molar-refractivity contribution >= 4 is 70.4 Å². The molecule has 0 radical (unpaired) electrons. The average molecular weight is 735 g/mol. The van der Waals surface area contributed by atoms with Crippen molar-refractivity contribution in [3.8, 4) is 27.9 Å². The minimum Gasteiger partial charge on any atom is -0.309 e. The van der Waals surface area contributed by atoms with Gasteiger partial charge in [0, 0.05) is 48.7 Å². The molecule has 2 aromatic heterocycles. The Morgan fingerprint density at radius 3 is 2.02 bits per heavy atom. The molecule has 0 unspecified atom stereocenters. The normalized spacial score (nSPS) is 14.3. The molecule has 12 rings (SSSR count). The third-order valence-corrected chi connectivity index (χ3v) is 13.9. The number of fused-ring (bicyclic) bond motifs is 11. The summed E-state index contributed by atoms with van der Waals surface area (Å²) in [5.74, 6) is 0. The molecule has 3 heteroatoms. The molecule has 2 aliphatic carbocycles. The van der Waals surface area contributed by atoms with Gasteiger partial charge in [0.25, 0.3) is 0 Å². The standard InChI is InChI=1S/C53H38N2S/c1-2-13-37(14-3-1)55-48-20-8-5-16-42(48)43-30-28-39(34-50(43)55)54(49-21-12-18-45-44-17-6-9-22-51(44)56-52(45)49)38-26-23-35(24-27-38)36-25-29-41-40-15-4-7-19-46(40)53(47(41)33-36)31-10-11-32-53/h1-9,12-30,33-34H,10-11,31-32H2. The topological polar surface area (TPSA) is 8.17 Å². The fourth-order valence-electron chi connectivity index (χ4n) is 10.2. The quantitative estimate of drug-likeness (QED) is 0.171. The first kappa shape index (κ1) is 31.9. The van der Waals surface area contributed by atoms with Gasteiger partial charge in [0.1, 0.15) is 0 Å². The van der Waals surface area contributed by atoms with Crippen molar-refractivity contribution in [2.45, 2.75) is 31.1 Å². The molecule has 8 aromatic carbocycles. The van der Waals surface area contributed by atoms with Gasteiger partial charge in [-0.25, -0.2) is 0 Å². The molecule has 0 atom stereocenters. The van der Waals surface area contributed by atoms with Crippen molar-refractivity contribution in [2.24, 2.45) is 0 Å². The van der Waals surface area contributed by atoms with Gasteiger partial charge in [-0.15, -0.1) is 11.3 Å². The van der Waals surface area contributed by atoms with Crippen LogP contribution >= 0.6 is 11.3 Å². The summed E-state index contributed by atoms with van der Waals surface area (Å²) >= 11 is 1.88. The van der Waals surface area contributed by atoms with Crippen molar-refractivity contribution in [3.05, 3.63) is 193 Å². The number of hydrogen-bond donors (Lipinski definition) is 0. The maximum Gasteiger partial charge on any atom is 0.0640 e. The first-order valence-electron chi connectivity index (χ1n) is 19.9. The lowest BCUT2D eigenvalue weighted by atomic mass is 9.76. The summed E-state index contributed by atoms with van der Waals surface area (Å²) in [5, 5.41) is 5.12. The molecule has 2 nitrogen and oxygen atoms in total. The van der Waals surface area contributed by atoms with Crippen molar-refractivity contribution in [3.63, 3.8) is 0 Å². The van der Waals surface area contributed by atoms with E-state index in [0.29, 0.717) is 0 Å². The van der Waals surface area contributed by atoms with E-state index >= 15 is 0 Å². The van der Waals surface area contributed by atoms with Gasteiger partial charge in [-0.2, -0.15) is 0 Å². The Bertz CT molecular complexity index is 3140. The van der Waals surface area contributed by atoms with E-state index in [-0.39, 0.29) is 5.41 Å². The lowest BCUT2D eigenvalue weighted by Crippen LogP contribution is -2.20. The number of aromatic nitrogens is 1. The maximum absolute atomic E-state index is 2.52. The van der Waals surface area contributed by atoms with E-state index in [9.17, 15) is 0 Å². The molecule has 0 amide bonds. The number of hydrogen-bond acceptors (Lipinski definition) is 2. The summed E-state index contributed by atoms with van der Waals surface area (Å²) < 4.78 is 5.02. The number of para-hydroxylation sites is 2. The molecule has 2 aliphatic rings. The van der Waals surface area contributed by atoms with Crippen LogP contribution in [0.1, 0.15) is 36.8 Å². The van der Waals surface area contributed by atoms with Gasteiger partial charge < -0.3 is 9.47 Å². The fourth-order valence-corrected chi connectivity index (χ4v) is 11.5. The highest BCUT2D eigenvalue weighted by molar-refractivity contribution is 7.26. The summed E-state index contributed by atoms with van der Waals surface area (Å²) in [5.41, 5.74) is 15.7. The van der Waals surface area contributed by atoms with Crippen LogP contribution in [0.5, 0.6) is 0 Å². The van der Waals surface area contributed by atoms with Gasteiger partial charge in [0.15, 0.2) is 0 Å². The van der Waals surface area contributed by atoms with E-state index in [2.05, 4.69) is 191 Å². The van der Waals surface area contributed by atoms with Gasteiger partial charge in [-0.3, -0.25) is 0 Å². The molecule has 10 aromatic rings. The molecule has 1 spiro atoms. The molecular formula is C53H38N2S. The molecule has 56 heavy (non-hydrogen) atoms. The SMILES string of the molecule is c1ccc(-n2c3ccccc3c3ccc(N(c4ccc(-c5ccc6c(c5)C5(CCCC5)c5ccccc5-6)cc4)c4cccc5c4sc4ccccc45)cc32)cc1. The highest BCUT2D eigenvalue weighted by atomic mass is 32.1. The van der Waals surface area contributed by atoms with Gasteiger partial charge in [0.2, 0.25) is 0 Å². The van der Waals surface area contributed by atoms with E-state index < -0.39 is 0 Å².